The summed E-state index contributed by atoms with van der Waals surface area (Å²) in [5.74, 6) is 0.0262. The lowest BCUT2D eigenvalue weighted by molar-refractivity contribution is -0.123. The van der Waals surface area contributed by atoms with E-state index in [0.29, 0.717) is 0 Å². The van der Waals surface area contributed by atoms with Crippen molar-refractivity contribution < 1.29 is 4.79 Å². The predicted octanol–water partition coefficient (Wildman–Crippen LogP) is 1.78. The summed E-state index contributed by atoms with van der Waals surface area (Å²) in [6.45, 7) is 5.90. The summed E-state index contributed by atoms with van der Waals surface area (Å²) in [5, 5.41) is 5.91. The number of rotatable bonds is 4. The van der Waals surface area contributed by atoms with E-state index in [1.165, 1.54) is 11.1 Å². The minimum absolute atomic E-state index is 0.0262. The Morgan fingerprint density at radius 2 is 1.88 bits per heavy atom. The van der Waals surface area contributed by atoms with Crippen LogP contribution in [-0.4, -0.2) is 19.0 Å². The number of carbonyl (C=O) groups excluding carboxylic acids is 1. The Bertz CT molecular complexity index is 363. The van der Waals surface area contributed by atoms with Crippen LogP contribution in [0.15, 0.2) is 24.3 Å². The molecule has 1 amide bonds. The Morgan fingerprint density at radius 3 is 2.44 bits per heavy atom. The largest absolute Gasteiger partial charge is 0.348 e. The van der Waals surface area contributed by atoms with Gasteiger partial charge in [-0.1, -0.05) is 24.3 Å². The molecule has 0 saturated heterocycles. The number of hydrogen-bond acceptors (Lipinski definition) is 2. The summed E-state index contributed by atoms with van der Waals surface area (Å²) in [5.41, 5.74) is 2.37. The molecule has 0 aliphatic rings. The van der Waals surface area contributed by atoms with Gasteiger partial charge in [0.25, 0.3) is 0 Å². The molecule has 0 aliphatic heterocycles. The lowest BCUT2D eigenvalue weighted by Crippen LogP contribution is -2.41. The molecule has 0 aromatic heterocycles. The summed E-state index contributed by atoms with van der Waals surface area (Å²) in [7, 11) is 1.78. The van der Waals surface area contributed by atoms with Crippen molar-refractivity contribution in [3.63, 3.8) is 0 Å². The first kappa shape index (κ1) is 12.7. The molecule has 0 spiro atoms. The van der Waals surface area contributed by atoms with Gasteiger partial charge in [-0.25, -0.2) is 0 Å². The minimum atomic E-state index is -0.161. The molecule has 0 radical (unpaired) electrons. The standard InChI is InChI=1S/C13H20N2O/c1-9-7-5-6-8-12(9)10(2)15-13(16)11(3)14-4/h5-8,10-11,14H,1-4H3,(H,15,16)/t10?,11-/m0/s1. The first-order valence-electron chi connectivity index (χ1n) is 5.59. The molecule has 3 nitrogen and oxygen atoms in total. The third-order valence-corrected chi connectivity index (χ3v) is 2.84. The molecule has 0 aliphatic carbocycles. The van der Waals surface area contributed by atoms with Gasteiger partial charge in [-0.2, -0.15) is 0 Å². The van der Waals surface area contributed by atoms with Crippen molar-refractivity contribution in [1.29, 1.82) is 0 Å². The normalized spacial score (nSPS) is 14.2. The third kappa shape index (κ3) is 3.07. The van der Waals surface area contributed by atoms with Crippen molar-refractivity contribution in [1.82, 2.24) is 10.6 Å². The Balaban J connectivity index is 2.69. The van der Waals surface area contributed by atoms with Crippen molar-refractivity contribution in [3.05, 3.63) is 35.4 Å². The average Bonchev–Trinajstić information content (AvgIpc) is 2.28. The molecule has 0 saturated carbocycles. The molecule has 2 atom stereocenters. The second-order valence-electron chi connectivity index (χ2n) is 4.10. The molecular formula is C13H20N2O. The Hall–Kier alpha value is -1.35. The topological polar surface area (TPSA) is 41.1 Å². The van der Waals surface area contributed by atoms with Crippen LogP contribution >= 0.6 is 0 Å². The van der Waals surface area contributed by atoms with Gasteiger partial charge in [-0.3, -0.25) is 4.79 Å². The van der Waals surface area contributed by atoms with Crippen molar-refractivity contribution >= 4 is 5.91 Å². The van der Waals surface area contributed by atoms with Gasteiger partial charge in [-0.05, 0) is 38.9 Å². The third-order valence-electron chi connectivity index (χ3n) is 2.84. The number of likely N-dealkylation sites (N-methyl/N-ethyl adjacent to an activating group) is 1. The summed E-state index contributed by atoms with van der Waals surface area (Å²) >= 11 is 0. The van der Waals surface area contributed by atoms with E-state index in [0.717, 1.165) is 0 Å². The smallest absolute Gasteiger partial charge is 0.237 e. The molecule has 88 valence electrons. The van der Waals surface area contributed by atoms with Crippen LogP contribution < -0.4 is 10.6 Å². The zero-order valence-corrected chi connectivity index (χ0v) is 10.4. The first-order chi connectivity index (χ1) is 7.56. The van der Waals surface area contributed by atoms with E-state index in [1.54, 1.807) is 7.05 Å². The van der Waals surface area contributed by atoms with E-state index >= 15 is 0 Å². The second kappa shape index (κ2) is 5.66. The van der Waals surface area contributed by atoms with Crippen LogP contribution in [0.25, 0.3) is 0 Å². The van der Waals surface area contributed by atoms with E-state index in [9.17, 15) is 4.79 Å². The molecule has 2 N–H and O–H groups in total. The molecule has 1 rings (SSSR count). The fourth-order valence-corrected chi connectivity index (χ4v) is 1.62. The summed E-state index contributed by atoms with van der Waals surface area (Å²) in [6.07, 6.45) is 0. The van der Waals surface area contributed by atoms with Crippen LogP contribution in [0.1, 0.15) is 31.0 Å². The second-order valence-corrected chi connectivity index (χ2v) is 4.10. The number of carbonyl (C=O) groups is 1. The van der Waals surface area contributed by atoms with Gasteiger partial charge in [0.2, 0.25) is 5.91 Å². The summed E-state index contributed by atoms with van der Waals surface area (Å²) < 4.78 is 0. The molecule has 1 unspecified atom stereocenters. The van der Waals surface area contributed by atoms with Gasteiger partial charge in [0.1, 0.15) is 0 Å². The molecular weight excluding hydrogens is 200 g/mol. The first-order valence-corrected chi connectivity index (χ1v) is 5.59. The number of amides is 1. The van der Waals surface area contributed by atoms with E-state index in [-0.39, 0.29) is 18.0 Å². The maximum atomic E-state index is 11.7. The van der Waals surface area contributed by atoms with E-state index in [1.807, 2.05) is 32.0 Å². The van der Waals surface area contributed by atoms with Crippen LogP contribution in [0.4, 0.5) is 0 Å². The summed E-state index contributed by atoms with van der Waals surface area (Å²) in [4.78, 5) is 11.7. The highest BCUT2D eigenvalue weighted by Crippen LogP contribution is 2.16. The lowest BCUT2D eigenvalue weighted by Gasteiger charge is -2.19. The van der Waals surface area contributed by atoms with Crippen LogP contribution in [0.3, 0.4) is 0 Å². The Labute approximate surface area is 97.2 Å². The predicted molar refractivity (Wildman–Crippen MR) is 66.3 cm³/mol. The van der Waals surface area contributed by atoms with Crippen LogP contribution in [0.5, 0.6) is 0 Å². The Kier molecular flexibility index (Phi) is 4.50. The molecule has 0 heterocycles. The van der Waals surface area contributed by atoms with Crippen LogP contribution in [0.2, 0.25) is 0 Å². The highest BCUT2D eigenvalue weighted by molar-refractivity contribution is 5.81. The highest BCUT2D eigenvalue weighted by atomic mass is 16.2. The fraction of sp³-hybridized carbons (Fsp3) is 0.462. The molecule has 0 bridgehead atoms. The quantitative estimate of drug-likeness (QED) is 0.812. The molecule has 1 aromatic carbocycles. The van der Waals surface area contributed by atoms with Crippen LogP contribution in [0, 0.1) is 6.92 Å². The number of benzene rings is 1. The zero-order chi connectivity index (χ0) is 12.1. The fourth-order valence-electron chi connectivity index (χ4n) is 1.62. The molecule has 16 heavy (non-hydrogen) atoms. The molecule has 1 aromatic rings. The number of hydrogen-bond donors (Lipinski definition) is 2. The van der Waals surface area contributed by atoms with E-state index in [4.69, 9.17) is 0 Å². The maximum absolute atomic E-state index is 11.7. The Morgan fingerprint density at radius 1 is 1.25 bits per heavy atom. The van der Waals surface area contributed by atoms with Gasteiger partial charge < -0.3 is 10.6 Å². The van der Waals surface area contributed by atoms with Crippen LogP contribution in [-0.2, 0) is 4.79 Å². The van der Waals surface area contributed by atoms with Gasteiger partial charge >= 0.3 is 0 Å². The van der Waals surface area contributed by atoms with Gasteiger partial charge in [0.05, 0.1) is 12.1 Å². The average molecular weight is 220 g/mol. The van der Waals surface area contributed by atoms with Gasteiger partial charge in [-0.15, -0.1) is 0 Å². The summed E-state index contributed by atoms with van der Waals surface area (Å²) in [6, 6.07) is 7.98. The van der Waals surface area contributed by atoms with Crippen molar-refractivity contribution in [3.8, 4) is 0 Å². The van der Waals surface area contributed by atoms with Gasteiger partial charge in [0.15, 0.2) is 0 Å². The highest BCUT2D eigenvalue weighted by Gasteiger charge is 2.14. The van der Waals surface area contributed by atoms with Gasteiger partial charge in [0, 0.05) is 0 Å². The molecule has 3 heteroatoms. The number of nitrogens with one attached hydrogen (secondary N) is 2. The van der Waals surface area contributed by atoms with Crippen molar-refractivity contribution in [2.45, 2.75) is 32.9 Å². The monoisotopic (exact) mass is 220 g/mol. The van der Waals surface area contributed by atoms with E-state index in [2.05, 4.69) is 23.6 Å². The lowest BCUT2D eigenvalue weighted by atomic mass is 10.0. The van der Waals surface area contributed by atoms with Crippen molar-refractivity contribution in [2.75, 3.05) is 7.05 Å². The zero-order valence-electron chi connectivity index (χ0n) is 10.4. The molecule has 0 fully saturated rings. The van der Waals surface area contributed by atoms with E-state index < -0.39 is 0 Å². The minimum Gasteiger partial charge on any atom is -0.348 e. The van der Waals surface area contributed by atoms with Crippen molar-refractivity contribution in [2.24, 2.45) is 0 Å². The maximum Gasteiger partial charge on any atom is 0.237 e. The SMILES string of the molecule is CN[C@@H](C)C(=O)NC(C)c1ccccc1C. The number of aryl methyl sites for hydroxylation is 1.